The van der Waals surface area contributed by atoms with Crippen LogP contribution in [0.1, 0.15) is 17.0 Å². The van der Waals surface area contributed by atoms with Gasteiger partial charge < -0.3 is 9.90 Å². The first-order valence-corrected chi connectivity index (χ1v) is 7.56. The molecule has 0 aliphatic rings. The number of carboxylic acid groups (broad SMARTS) is 1. The first-order valence-electron chi connectivity index (χ1n) is 6.75. The lowest BCUT2D eigenvalue weighted by molar-refractivity contribution is -0.304. The number of benzene rings is 2. The molecule has 3 nitrogen and oxygen atoms in total. The zero-order chi connectivity index (χ0) is 16.4. The molecule has 1 heterocycles. The predicted octanol–water partition coefficient (Wildman–Crippen LogP) is 3.26. The lowest BCUT2D eigenvalue weighted by Crippen LogP contribution is -2.22. The molecule has 6 heteroatoms. The fourth-order valence-electron chi connectivity index (χ4n) is 2.18. The molecule has 0 saturated carbocycles. The van der Waals surface area contributed by atoms with Gasteiger partial charge in [0.1, 0.15) is 16.6 Å². The Morgan fingerprint density at radius 3 is 2.48 bits per heavy atom. The molecule has 0 atom stereocenters. The average molecular weight is 330 g/mol. The molecule has 0 saturated heterocycles. The Morgan fingerprint density at radius 2 is 1.83 bits per heavy atom. The van der Waals surface area contributed by atoms with Crippen molar-refractivity contribution in [3.05, 3.63) is 64.7 Å². The van der Waals surface area contributed by atoms with Crippen LogP contribution in [0.15, 0.2) is 42.5 Å². The molecule has 0 fully saturated rings. The normalized spacial score (nSPS) is 11.8. The summed E-state index contributed by atoms with van der Waals surface area (Å²) in [5.41, 5.74) is 0.615. The topological polar surface area (TPSA) is 53.0 Å². The van der Waals surface area contributed by atoms with Gasteiger partial charge in [0.15, 0.2) is 0 Å². The minimum absolute atomic E-state index is 0.204. The van der Waals surface area contributed by atoms with Crippen molar-refractivity contribution < 1.29 is 18.7 Å². The zero-order valence-electron chi connectivity index (χ0n) is 11.8. The standard InChI is InChI=1S/C17H11F2NO2S/c18-12-4-3-5-13(19)11(12)8-10(9-16(21)22)17-20-14-6-1-2-7-15(14)23-17/h1-8H,9H2,(H,21,22)/p-1/b10-8+. The van der Waals surface area contributed by atoms with E-state index in [4.69, 9.17) is 0 Å². The third kappa shape index (κ3) is 3.27. The van der Waals surface area contributed by atoms with Crippen molar-refractivity contribution in [1.82, 2.24) is 4.98 Å². The summed E-state index contributed by atoms with van der Waals surface area (Å²) in [5, 5.41) is 11.4. The molecule has 0 aliphatic carbocycles. The lowest BCUT2D eigenvalue weighted by atomic mass is 10.1. The zero-order valence-corrected chi connectivity index (χ0v) is 12.6. The average Bonchev–Trinajstić information content (AvgIpc) is 2.93. The minimum Gasteiger partial charge on any atom is -0.550 e. The maximum atomic E-state index is 13.8. The summed E-state index contributed by atoms with van der Waals surface area (Å²) in [6.07, 6.45) is 0.700. The molecule has 3 aromatic rings. The van der Waals surface area contributed by atoms with E-state index in [9.17, 15) is 18.7 Å². The first-order chi connectivity index (χ1) is 11.0. The number of thiazole rings is 1. The van der Waals surface area contributed by atoms with E-state index in [-0.39, 0.29) is 11.1 Å². The number of carbonyl (C=O) groups is 1. The number of carboxylic acids is 1. The van der Waals surface area contributed by atoms with Gasteiger partial charge in [0.05, 0.1) is 10.2 Å². The van der Waals surface area contributed by atoms with Crippen LogP contribution in [-0.4, -0.2) is 11.0 Å². The van der Waals surface area contributed by atoms with Crippen LogP contribution >= 0.6 is 11.3 Å². The third-order valence-corrected chi connectivity index (χ3v) is 4.33. The molecule has 0 amide bonds. The molecule has 0 spiro atoms. The van der Waals surface area contributed by atoms with Crippen LogP contribution in [-0.2, 0) is 4.79 Å². The number of halogens is 2. The van der Waals surface area contributed by atoms with Gasteiger partial charge in [0.2, 0.25) is 0 Å². The second-order valence-corrected chi connectivity index (χ2v) is 5.87. The highest BCUT2D eigenvalue weighted by molar-refractivity contribution is 7.19. The van der Waals surface area contributed by atoms with Crippen molar-refractivity contribution in [2.24, 2.45) is 0 Å². The summed E-state index contributed by atoms with van der Waals surface area (Å²) in [6.45, 7) is 0. The highest BCUT2D eigenvalue weighted by Crippen LogP contribution is 2.30. The summed E-state index contributed by atoms with van der Waals surface area (Å²) in [7, 11) is 0. The molecule has 1 aromatic heterocycles. The van der Waals surface area contributed by atoms with Crippen LogP contribution in [0.4, 0.5) is 8.78 Å². The van der Waals surface area contributed by atoms with Crippen LogP contribution in [0.5, 0.6) is 0 Å². The summed E-state index contributed by atoms with van der Waals surface area (Å²) >= 11 is 1.26. The van der Waals surface area contributed by atoms with Crippen molar-refractivity contribution in [1.29, 1.82) is 0 Å². The Bertz CT molecular complexity index is 865. The molecule has 0 N–H and O–H groups in total. The Morgan fingerprint density at radius 1 is 1.13 bits per heavy atom. The summed E-state index contributed by atoms with van der Waals surface area (Å²) in [4.78, 5) is 15.3. The Labute approximate surface area is 134 Å². The second-order valence-electron chi connectivity index (χ2n) is 4.84. The molecular formula is C17H10F2NO2S-. The van der Waals surface area contributed by atoms with Crippen molar-refractivity contribution >= 4 is 39.2 Å². The maximum Gasteiger partial charge on any atom is 0.133 e. The van der Waals surface area contributed by atoms with Gasteiger partial charge in [-0.1, -0.05) is 18.2 Å². The third-order valence-electron chi connectivity index (χ3n) is 3.22. The number of para-hydroxylation sites is 1. The highest BCUT2D eigenvalue weighted by atomic mass is 32.1. The monoisotopic (exact) mass is 330 g/mol. The van der Waals surface area contributed by atoms with Crippen molar-refractivity contribution in [3.8, 4) is 0 Å². The fourth-order valence-corrected chi connectivity index (χ4v) is 3.16. The van der Waals surface area contributed by atoms with Crippen LogP contribution in [0.25, 0.3) is 21.9 Å². The van der Waals surface area contributed by atoms with E-state index in [1.54, 1.807) is 6.07 Å². The highest BCUT2D eigenvalue weighted by Gasteiger charge is 2.13. The van der Waals surface area contributed by atoms with Gasteiger partial charge in [-0.15, -0.1) is 11.3 Å². The van der Waals surface area contributed by atoms with Gasteiger partial charge in [0.25, 0.3) is 0 Å². The van der Waals surface area contributed by atoms with E-state index in [0.717, 1.165) is 16.8 Å². The number of fused-ring (bicyclic) bond motifs is 1. The van der Waals surface area contributed by atoms with Crippen molar-refractivity contribution in [2.45, 2.75) is 6.42 Å². The number of hydrogen-bond acceptors (Lipinski definition) is 4. The molecule has 3 rings (SSSR count). The molecule has 2 aromatic carbocycles. The number of nitrogens with zero attached hydrogens (tertiary/aromatic N) is 1. The second kappa shape index (κ2) is 6.26. The van der Waals surface area contributed by atoms with Crippen LogP contribution < -0.4 is 5.11 Å². The minimum atomic E-state index is -1.34. The predicted molar refractivity (Wildman–Crippen MR) is 83.5 cm³/mol. The van der Waals surface area contributed by atoms with Gasteiger partial charge >= 0.3 is 0 Å². The smallest absolute Gasteiger partial charge is 0.133 e. The molecule has 0 radical (unpaired) electrons. The van der Waals surface area contributed by atoms with Gasteiger partial charge in [-0.3, -0.25) is 0 Å². The van der Waals surface area contributed by atoms with Crippen LogP contribution in [0.3, 0.4) is 0 Å². The quantitative estimate of drug-likeness (QED) is 0.738. The summed E-state index contributed by atoms with van der Waals surface area (Å²) < 4.78 is 28.5. The van der Waals surface area contributed by atoms with Crippen molar-refractivity contribution in [2.75, 3.05) is 0 Å². The number of hydrogen-bond donors (Lipinski definition) is 0. The van der Waals surface area contributed by atoms with Crippen LogP contribution in [0.2, 0.25) is 0 Å². The van der Waals surface area contributed by atoms with E-state index >= 15 is 0 Å². The van der Waals surface area contributed by atoms with E-state index < -0.39 is 24.0 Å². The fraction of sp³-hybridized carbons (Fsp3) is 0.0588. The number of carbonyl (C=O) groups excluding carboxylic acids is 1. The Balaban J connectivity index is 2.14. The summed E-state index contributed by atoms with van der Waals surface area (Å²) in [5.74, 6) is -2.86. The van der Waals surface area contributed by atoms with E-state index in [1.165, 1.54) is 23.5 Å². The molecule has 0 aliphatic heterocycles. The van der Waals surface area contributed by atoms with Gasteiger partial charge in [-0.05, 0) is 35.9 Å². The Hall–Kier alpha value is -2.60. The van der Waals surface area contributed by atoms with Gasteiger partial charge in [-0.25, -0.2) is 13.8 Å². The molecule has 0 unspecified atom stereocenters. The van der Waals surface area contributed by atoms with E-state index in [2.05, 4.69) is 4.98 Å². The number of rotatable bonds is 4. The summed E-state index contributed by atoms with van der Waals surface area (Å²) in [6, 6.07) is 10.8. The largest absolute Gasteiger partial charge is 0.550 e. The SMILES string of the molecule is O=C([O-])C/C(=C\c1c(F)cccc1F)c1nc2ccccc2s1. The maximum absolute atomic E-state index is 13.8. The molecule has 116 valence electrons. The van der Waals surface area contributed by atoms with Crippen molar-refractivity contribution in [3.63, 3.8) is 0 Å². The van der Waals surface area contributed by atoms with Crippen LogP contribution in [0, 0.1) is 11.6 Å². The van der Waals surface area contributed by atoms with E-state index in [1.807, 2.05) is 18.2 Å². The molecule has 0 bridgehead atoms. The lowest BCUT2D eigenvalue weighted by Gasteiger charge is -2.07. The number of aromatic nitrogens is 1. The Kier molecular flexibility index (Phi) is 4.16. The van der Waals surface area contributed by atoms with Gasteiger partial charge in [0, 0.05) is 18.0 Å². The van der Waals surface area contributed by atoms with E-state index in [0.29, 0.717) is 10.5 Å². The molecular weight excluding hydrogens is 320 g/mol. The van der Waals surface area contributed by atoms with Gasteiger partial charge in [-0.2, -0.15) is 0 Å². The molecule has 23 heavy (non-hydrogen) atoms. The first kappa shape index (κ1) is 15.3. The number of aliphatic carboxylic acids is 1.